The fourth-order valence-electron chi connectivity index (χ4n) is 3.76. The highest BCUT2D eigenvalue weighted by atomic mass is 32.2. The second kappa shape index (κ2) is 10.2. The molecule has 2 aromatic heterocycles. The van der Waals surface area contributed by atoms with Crippen LogP contribution in [0.2, 0.25) is 0 Å². The van der Waals surface area contributed by atoms with Crippen LogP contribution in [0, 0.1) is 0 Å². The molecule has 3 rings (SSSR count). The molecule has 0 unspecified atom stereocenters. The van der Waals surface area contributed by atoms with Gasteiger partial charge in [-0.15, -0.1) is 0 Å². The molecule has 0 aliphatic heterocycles. The van der Waals surface area contributed by atoms with Gasteiger partial charge in [0.1, 0.15) is 11.5 Å². The molecular weight excluding hydrogens is 446 g/mol. The molecule has 11 heteroatoms. The lowest BCUT2D eigenvalue weighted by Crippen LogP contribution is -2.44. The highest BCUT2D eigenvalue weighted by Crippen LogP contribution is 2.27. The van der Waals surface area contributed by atoms with Crippen LogP contribution in [0.1, 0.15) is 52.0 Å². The van der Waals surface area contributed by atoms with Gasteiger partial charge < -0.3 is 4.98 Å². The number of Topliss-reactive ketones (excluding diaryl/α,β-unsaturated/α-hetero) is 1. The maximum absolute atomic E-state index is 13.1. The van der Waals surface area contributed by atoms with E-state index in [4.69, 9.17) is 0 Å². The fourth-order valence-corrected chi connectivity index (χ4v) is 4.84. The number of carbonyl (C=O) groups is 1. The summed E-state index contributed by atoms with van der Waals surface area (Å²) in [6.07, 6.45) is 4.77. The van der Waals surface area contributed by atoms with Gasteiger partial charge in [0.25, 0.3) is 15.6 Å². The van der Waals surface area contributed by atoms with Crippen LogP contribution in [-0.2, 0) is 27.8 Å². The Balaban J connectivity index is 2.03. The molecule has 3 aromatic rings. The Labute approximate surface area is 191 Å². The van der Waals surface area contributed by atoms with E-state index in [1.54, 1.807) is 23.0 Å². The number of aromatic nitrogens is 4. The summed E-state index contributed by atoms with van der Waals surface area (Å²) in [4.78, 5) is 42.2. The molecule has 2 N–H and O–H groups in total. The van der Waals surface area contributed by atoms with Gasteiger partial charge in [-0.05, 0) is 43.5 Å². The van der Waals surface area contributed by atoms with E-state index in [1.807, 2.05) is 31.7 Å². The van der Waals surface area contributed by atoms with E-state index < -0.39 is 32.8 Å². The van der Waals surface area contributed by atoms with E-state index in [-0.39, 0.29) is 11.8 Å². The lowest BCUT2D eigenvalue weighted by molar-refractivity contribution is -0.116. The van der Waals surface area contributed by atoms with Crippen LogP contribution in [0.4, 0.5) is 0 Å². The van der Waals surface area contributed by atoms with Gasteiger partial charge in [-0.2, -0.15) is 9.77 Å². The number of nitrogens with one attached hydrogen (secondary N) is 2. The zero-order valence-electron chi connectivity index (χ0n) is 19.1. The first kappa shape index (κ1) is 24.4. The van der Waals surface area contributed by atoms with E-state index >= 15 is 0 Å². The molecule has 0 aliphatic rings. The van der Waals surface area contributed by atoms with Crippen molar-refractivity contribution in [1.82, 2.24) is 19.4 Å². The Morgan fingerprint density at radius 1 is 1.15 bits per heavy atom. The van der Waals surface area contributed by atoms with Crippen molar-refractivity contribution >= 4 is 26.7 Å². The summed E-state index contributed by atoms with van der Waals surface area (Å²) in [5.41, 5.74) is 1.05. The van der Waals surface area contributed by atoms with Crippen LogP contribution in [0.15, 0.2) is 34.0 Å². The van der Waals surface area contributed by atoms with Crippen molar-refractivity contribution in [3.63, 3.8) is 0 Å². The Hall–Kier alpha value is -3.21. The Bertz CT molecular complexity index is 1380. The molecule has 0 radical (unpaired) electrons. The number of benzene rings is 1. The van der Waals surface area contributed by atoms with Gasteiger partial charge >= 0.3 is 5.69 Å². The smallest absolute Gasteiger partial charge is 0.305 e. The predicted molar refractivity (Wildman–Crippen MR) is 127 cm³/mol. The largest absolute Gasteiger partial charge is 0.348 e. The Kier molecular flexibility index (Phi) is 7.52. The van der Waals surface area contributed by atoms with Crippen molar-refractivity contribution in [2.75, 3.05) is 10.6 Å². The second-order valence-electron chi connectivity index (χ2n) is 7.86. The minimum atomic E-state index is -4.23. The summed E-state index contributed by atoms with van der Waals surface area (Å²) in [5, 5.41) is 4.42. The highest BCUT2D eigenvalue weighted by Gasteiger charge is 2.20. The van der Waals surface area contributed by atoms with Gasteiger partial charge in [0, 0.05) is 24.7 Å². The van der Waals surface area contributed by atoms with E-state index in [9.17, 15) is 22.8 Å². The van der Waals surface area contributed by atoms with E-state index in [1.165, 1.54) is 0 Å². The number of aryl methyl sites for hydroxylation is 2. The Morgan fingerprint density at radius 2 is 1.91 bits per heavy atom. The molecule has 0 amide bonds. The number of unbranched alkanes of at least 4 members (excludes halogenated alkanes) is 2. The number of ketones is 1. The zero-order valence-corrected chi connectivity index (χ0v) is 19.9. The van der Waals surface area contributed by atoms with Crippen molar-refractivity contribution in [2.45, 2.75) is 59.4 Å². The molecule has 10 nitrogen and oxygen atoms in total. The lowest BCUT2D eigenvalue weighted by atomic mass is 9.99. The first-order valence-electron chi connectivity index (χ1n) is 11.1. The van der Waals surface area contributed by atoms with E-state index in [0.717, 1.165) is 29.7 Å². The number of fused-ring (bicyclic) bond motifs is 1. The van der Waals surface area contributed by atoms with Gasteiger partial charge in [-0.3, -0.25) is 14.3 Å². The molecule has 1 aromatic carbocycles. The fraction of sp³-hybridized carbons (Fsp3) is 0.455. The molecule has 2 heterocycles. The van der Waals surface area contributed by atoms with Gasteiger partial charge in [-0.25, -0.2) is 18.0 Å². The van der Waals surface area contributed by atoms with Crippen LogP contribution in [0.3, 0.4) is 0 Å². The molecule has 0 atom stereocenters. The molecule has 0 bridgehead atoms. The predicted octanol–water partition coefficient (Wildman–Crippen LogP) is 2.16. The van der Waals surface area contributed by atoms with Gasteiger partial charge in [0.05, 0.1) is 16.6 Å². The van der Waals surface area contributed by atoms with Crippen LogP contribution >= 0.6 is 0 Å². The van der Waals surface area contributed by atoms with Gasteiger partial charge in [0.15, 0.2) is 0 Å². The monoisotopic (exact) mass is 475 g/mol. The molecule has 0 spiro atoms. The quantitative estimate of drug-likeness (QED) is 0.408. The van der Waals surface area contributed by atoms with Gasteiger partial charge in [-0.1, -0.05) is 26.7 Å². The number of carbonyl (C=O) groups excluding carboxylic acids is 1. The van der Waals surface area contributed by atoms with Crippen molar-refractivity contribution in [2.24, 2.45) is 0 Å². The first-order chi connectivity index (χ1) is 15.7. The molecular formula is C22H29N5O5S. The zero-order chi connectivity index (χ0) is 24.2. The first-order valence-corrected chi connectivity index (χ1v) is 12.7. The SMILES string of the molecule is CCCCCC(=O)CS(=O)(=O)Nn1c(=O)[nH]c2cc(CC)c(-c3ccnn3CC)cc2c1=O. The topological polar surface area (TPSA) is 136 Å². The molecule has 178 valence electrons. The maximum Gasteiger partial charge on any atom is 0.348 e. The molecule has 0 saturated heterocycles. The highest BCUT2D eigenvalue weighted by molar-refractivity contribution is 7.93. The maximum atomic E-state index is 13.1. The van der Waals surface area contributed by atoms with Crippen molar-refractivity contribution < 1.29 is 13.2 Å². The van der Waals surface area contributed by atoms with Gasteiger partial charge in [0.2, 0.25) is 0 Å². The van der Waals surface area contributed by atoms with E-state index in [2.05, 4.69) is 10.1 Å². The number of sulfonamides is 1. The van der Waals surface area contributed by atoms with Crippen LogP contribution in [0.25, 0.3) is 22.2 Å². The van der Waals surface area contributed by atoms with E-state index in [0.29, 0.717) is 29.6 Å². The Morgan fingerprint density at radius 3 is 2.58 bits per heavy atom. The van der Waals surface area contributed by atoms with Crippen LogP contribution < -0.4 is 16.1 Å². The third-order valence-electron chi connectivity index (χ3n) is 5.44. The summed E-state index contributed by atoms with van der Waals surface area (Å²) in [6, 6.07) is 5.19. The third kappa shape index (κ3) is 5.41. The summed E-state index contributed by atoms with van der Waals surface area (Å²) in [7, 11) is -4.23. The number of nitrogens with zero attached hydrogens (tertiary/aromatic N) is 3. The third-order valence-corrected chi connectivity index (χ3v) is 6.60. The summed E-state index contributed by atoms with van der Waals surface area (Å²) in [6.45, 7) is 6.52. The second-order valence-corrected chi connectivity index (χ2v) is 9.56. The van der Waals surface area contributed by atoms with Crippen LogP contribution in [-0.4, -0.2) is 39.4 Å². The minimum Gasteiger partial charge on any atom is -0.305 e. The number of rotatable bonds is 11. The minimum absolute atomic E-state index is 0.131. The number of hydrogen-bond donors (Lipinski definition) is 2. The summed E-state index contributed by atoms with van der Waals surface area (Å²) >= 11 is 0. The standard InChI is InChI=1S/C22H29N5O5S/c1-4-7-8-9-16(28)14-33(31,32)25-27-21(29)18-13-17(20-10-11-23-26(20)6-3)15(5-2)12-19(18)24-22(27)30/h10-13,25H,4-9,14H2,1-3H3,(H,24,30). The number of aromatic amines is 1. The molecule has 0 fully saturated rings. The molecule has 0 saturated carbocycles. The summed E-state index contributed by atoms with van der Waals surface area (Å²) < 4.78 is 27.1. The lowest BCUT2D eigenvalue weighted by Gasteiger charge is -2.13. The van der Waals surface area contributed by atoms with Crippen molar-refractivity contribution in [3.8, 4) is 11.3 Å². The molecule has 0 aliphatic carbocycles. The van der Waals surface area contributed by atoms with Crippen LogP contribution in [0.5, 0.6) is 0 Å². The average Bonchev–Trinajstić information content (AvgIpc) is 3.24. The summed E-state index contributed by atoms with van der Waals surface area (Å²) in [5.74, 6) is -1.26. The number of hydrogen-bond acceptors (Lipinski definition) is 6. The van der Waals surface area contributed by atoms with Crippen molar-refractivity contribution in [1.29, 1.82) is 0 Å². The number of H-pyrrole nitrogens is 1. The van der Waals surface area contributed by atoms with Crippen molar-refractivity contribution in [3.05, 3.63) is 50.8 Å². The molecule has 33 heavy (non-hydrogen) atoms. The normalized spacial score (nSPS) is 11.7. The average molecular weight is 476 g/mol.